The second-order valence-electron chi connectivity index (χ2n) is 19.3. The van der Waals surface area contributed by atoms with Gasteiger partial charge in [-0.1, -0.05) is 43.7 Å². The first-order chi connectivity index (χ1) is 31.0. The molecule has 2 saturated carbocycles. The van der Waals surface area contributed by atoms with E-state index in [4.69, 9.17) is 23.5 Å². The molecule has 16 nitrogen and oxygen atoms in total. The highest BCUT2D eigenvalue weighted by Gasteiger charge is 2.80. The number of methoxy groups -OCH3 is 3. The Bertz CT molecular complexity index is 2550. The number of aromatic nitrogens is 1. The summed E-state index contributed by atoms with van der Waals surface area (Å²) < 4.78 is 53.9. The van der Waals surface area contributed by atoms with Gasteiger partial charge in [-0.25, -0.2) is 4.79 Å². The molecule has 2 aliphatic carbocycles. The Morgan fingerprint density at radius 1 is 0.954 bits per heavy atom. The zero-order valence-electron chi connectivity index (χ0n) is 38.3. The number of benzene rings is 2. The van der Waals surface area contributed by atoms with Crippen LogP contribution in [0.4, 0.5) is 5.69 Å². The average Bonchev–Trinajstić information content (AvgIpc) is 4.09. The molecule has 1 aromatic heterocycles. The minimum absolute atomic E-state index is 0.223. The van der Waals surface area contributed by atoms with Crippen LogP contribution < -0.4 is 9.64 Å². The predicted molar refractivity (Wildman–Crippen MR) is 240 cm³/mol. The summed E-state index contributed by atoms with van der Waals surface area (Å²) >= 11 is 0. The molecule has 6 unspecified atom stereocenters. The van der Waals surface area contributed by atoms with Gasteiger partial charge in [-0.2, -0.15) is 8.42 Å². The molecule has 6 heterocycles. The van der Waals surface area contributed by atoms with Gasteiger partial charge in [-0.15, -0.1) is 0 Å². The van der Waals surface area contributed by atoms with Gasteiger partial charge in [-0.3, -0.25) is 23.2 Å². The van der Waals surface area contributed by atoms with Crippen LogP contribution in [0.5, 0.6) is 5.75 Å². The second kappa shape index (κ2) is 16.4. The third kappa shape index (κ3) is 6.53. The number of hydrogen-bond donors (Lipinski definition) is 3. The number of nitrogens with one attached hydrogen (secondary N) is 1. The van der Waals surface area contributed by atoms with E-state index < -0.39 is 56.3 Å². The number of para-hydroxylation sites is 1. The van der Waals surface area contributed by atoms with Crippen LogP contribution in [0.25, 0.3) is 10.9 Å². The highest BCUT2D eigenvalue weighted by molar-refractivity contribution is 7.80. The molecule has 3 aromatic rings. The van der Waals surface area contributed by atoms with Gasteiger partial charge in [0.25, 0.3) is 0 Å². The smallest absolute Gasteiger partial charge is 0.397 e. The van der Waals surface area contributed by atoms with Crippen LogP contribution in [0.2, 0.25) is 0 Å². The topological polar surface area (TPSA) is 197 Å². The number of H-pyrrole nitrogens is 1. The van der Waals surface area contributed by atoms with E-state index in [-0.39, 0.29) is 17.9 Å². The Kier molecular flexibility index (Phi) is 11.5. The van der Waals surface area contributed by atoms with Gasteiger partial charge < -0.3 is 38.8 Å². The van der Waals surface area contributed by atoms with Gasteiger partial charge in [-0.05, 0) is 86.1 Å². The molecule has 0 amide bonds. The van der Waals surface area contributed by atoms with E-state index in [0.29, 0.717) is 49.9 Å². The molecule has 2 saturated heterocycles. The number of ether oxygens (including phenoxy) is 4. The molecule has 7 aliphatic rings. The first kappa shape index (κ1) is 45.6. The molecule has 4 fully saturated rings. The minimum atomic E-state index is -4.16. The third-order valence-corrected chi connectivity index (χ3v) is 17.2. The molecule has 352 valence electrons. The van der Waals surface area contributed by atoms with Crippen LogP contribution in [0, 0.1) is 23.2 Å². The maximum atomic E-state index is 15.4. The number of fused-ring (bicyclic) bond motifs is 8. The Balaban J connectivity index is 0.000000834. The molecular formula is C48H62N4O12S. The second-order valence-corrected chi connectivity index (χ2v) is 20.5. The van der Waals surface area contributed by atoms with Crippen molar-refractivity contribution in [3.63, 3.8) is 0 Å². The fourth-order valence-corrected chi connectivity index (χ4v) is 14.6. The summed E-state index contributed by atoms with van der Waals surface area (Å²) in [5.74, 6) is 0.0745. The summed E-state index contributed by atoms with van der Waals surface area (Å²) in [6.45, 7) is 7.65. The Morgan fingerprint density at radius 3 is 2.35 bits per heavy atom. The lowest BCUT2D eigenvalue weighted by atomic mass is 9.47. The molecule has 1 spiro atoms. The zero-order chi connectivity index (χ0) is 46.4. The Hall–Kier alpha value is -4.52. The quantitative estimate of drug-likeness (QED) is 0.131. The lowest BCUT2D eigenvalue weighted by Crippen LogP contribution is -2.81. The molecule has 10 rings (SSSR count). The fourth-order valence-electron chi connectivity index (χ4n) is 14.6. The number of likely N-dealkylation sites (N-methyl/N-ethyl adjacent to an activating group) is 1. The van der Waals surface area contributed by atoms with Crippen molar-refractivity contribution in [2.75, 3.05) is 73.1 Å². The minimum Gasteiger partial charge on any atom is -0.496 e. The van der Waals surface area contributed by atoms with Crippen LogP contribution in [-0.2, 0) is 60.4 Å². The van der Waals surface area contributed by atoms with Gasteiger partial charge in [0.2, 0.25) is 5.60 Å². The van der Waals surface area contributed by atoms with Crippen LogP contribution in [0.3, 0.4) is 0 Å². The Morgan fingerprint density at radius 2 is 1.68 bits per heavy atom. The maximum absolute atomic E-state index is 15.4. The van der Waals surface area contributed by atoms with Crippen molar-refractivity contribution in [3.8, 4) is 5.75 Å². The number of rotatable bonds is 7. The highest BCUT2D eigenvalue weighted by Crippen LogP contribution is 2.68. The number of piperidine rings is 1. The van der Waals surface area contributed by atoms with Gasteiger partial charge in [0.1, 0.15) is 11.2 Å². The molecule has 2 aromatic carbocycles. The highest BCUT2D eigenvalue weighted by atomic mass is 32.3. The number of esters is 3. The van der Waals surface area contributed by atoms with E-state index in [1.54, 1.807) is 7.11 Å². The summed E-state index contributed by atoms with van der Waals surface area (Å²) in [6.07, 6.45) is 8.90. The number of hydrogen-bond acceptors (Lipinski definition) is 14. The molecule has 2 bridgehead atoms. The first-order valence-electron chi connectivity index (χ1n) is 22.8. The van der Waals surface area contributed by atoms with Crippen molar-refractivity contribution in [1.29, 1.82) is 0 Å². The van der Waals surface area contributed by atoms with E-state index in [1.807, 2.05) is 31.0 Å². The molecule has 65 heavy (non-hydrogen) atoms. The van der Waals surface area contributed by atoms with Crippen LogP contribution >= 0.6 is 0 Å². The lowest BCUT2D eigenvalue weighted by Gasteiger charge is -2.63. The van der Waals surface area contributed by atoms with Crippen molar-refractivity contribution < 1.29 is 55.6 Å². The monoisotopic (exact) mass is 918 g/mol. The molecule has 0 radical (unpaired) electrons. The lowest BCUT2D eigenvalue weighted by molar-refractivity contribution is -0.228. The van der Waals surface area contributed by atoms with Gasteiger partial charge >= 0.3 is 28.3 Å². The Labute approximate surface area is 380 Å². The number of nitrogens with zero attached hydrogens (tertiary/aromatic N) is 3. The number of carbonyl (C=O) groups excluding carboxylic acids is 3. The average molecular weight is 919 g/mol. The third-order valence-electron chi connectivity index (χ3n) is 16.7. The van der Waals surface area contributed by atoms with E-state index in [1.165, 1.54) is 34.0 Å². The number of carbonyl (C=O) groups is 3. The normalized spacial score (nSPS) is 35.5. The van der Waals surface area contributed by atoms with Crippen molar-refractivity contribution in [2.45, 2.75) is 93.4 Å². The maximum Gasteiger partial charge on any atom is 0.397 e. The molecule has 5 aliphatic heterocycles. The number of aliphatic hydroxyl groups is 1. The van der Waals surface area contributed by atoms with E-state index in [2.05, 4.69) is 55.4 Å². The first-order valence-corrected chi connectivity index (χ1v) is 24.2. The number of anilines is 1. The van der Waals surface area contributed by atoms with Gasteiger partial charge in [0, 0.05) is 90.9 Å². The van der Waals surface area contributed by atoms with E-state index >= 15 is 4.79 Å². The summed E-state index contributed by atoms with van der Waals surface area (Å²) in [4.78, 5) is 53.8. The standard InChI is InChI=1S/C47H58N4O8.CH4O4S/c1-7-44-17-11-19-51-21-18-45(39(44)51)33-22-34(37(56-4)23-36(33)49(3)40(45)47(55,43(54)58-6)41(44)59-27(2)52)46(42(53)57-5)24-29-26-50(25-28-12-10-14-30(28)29)20-16-32-31-13-8-9-15-35(31)48-38(32)46;1-5-6(2,3)4/h8-9,11,13,15,17,22-23,28-30,39-41,48,55H,7,10,12,14,16,18-21,24-26H2,1-6H3;1H3,(H,2,3,4)/t28-,29?,30-,39?,40?,41?,44+,45?,46-,47+;/m0./s1. The fraction of sp³-hybridized carbons (Fsp3) is 0.604. The van der Waals surface area contributed by atoms with Gasteiger partial charge in [0.05, 0.1) is 34.5 Å². The summed E-state index contributed by atoms with van der Waals surface area (Å²) in [7, 11) is 3.04. The van der Waals surface area contributed by atoms with Crippen LogP contribution in [0.1, 0.15) is 74.8 Å². The van der Waals surface area contributed by atoms with Crippen molar-refractivity contribution >= 4 is 44.9 Å². The van der Waals surface area contributed by atoms with Crippen LogP contribution in [-0.4, -0.2) is 143 Å². The molecule has 11 atom stereocenters. The van der Waals surface area contributed by atoms with Crippen molar-refractivity contribution in [3.05, 3.63) is 70.9 Å². The predicted octanol–water partition coefficient (Wildman–Crippen LogP) is 4.31. The van der Waals surface area contributed by atoms with E-state index in [0.717, 1.165) is 78.6 Å². The largest absolute Gasteiger partial charge is 0.496 e. The van der Waals surface area contributed by atoms with Crippen LogP contribution in [0.15, 0.2) is 48.6 Å². The molecular weight excluding hydrogens is 857 g/mol. The van der Waals surface area contributed by atoms with E-state index in [9.17, 15) is 23.1 Å². The van der Waals surface area contributed by atoms with Gasteiger partial charge in [0.15, 0.2) is 6.10 Å². The molecule has 3 N–H and O–H groups in total. The summed E-state index contributed by atoms with van der Waals surface area (Å²) in [6, 6.07) is 11.4. The van der Waals surface area contributed by atoms with Crippen molar-refractivity contribution in [1.82, 2.24) is 14.8 Å². The summed E-state index contributed by atoms with van der Waals surface area (Å²) in [5, 5.41) is 14.5. The van der Waals surface area contributed by atoms with Crippen molar-refractivity contribution in [2.24, 2.45) is 23.2 Å². The SMILES string of the molecule is CC[C@]12C=CCN3CCC4(c5cc([C@@]6(C(=O)OC)CC7CN(CCc8c6[nH]c6ccccc86)C[C@@H]6CCC[C@H]76)c(OC)cc5N(C)C4[C@](O)(C(=O)OC)C1OC(C)=O)C32.COS(=O)(=O)O. The summed E-state index contributed by atoms with van der Waals surface area (Å²) in [5.41, 5.74) is 0.0488. The zero-order valence-corrected chi connectivity index (χ0v) is 39.1. The molecule has 17 heteroatoms. The number of aromatic amines is 1.